The number of aromatic nitrogens is 1. The van der Waals surface area contributed by atoms with E-state index in [4.69, 9.17) is 0 Å². The molecule has 1 aromatic rings. The van der Waals surface area contributed by atoms with Crippen LogP contribution in [0.15, 0.2) is 23.3 Å². The SMILES string of the molecule is CN=C(NCc1ccnc(N2CCCC2)c1)NC1CN(C(C)C)CC1C.I. The lowest BCUT2D eigenvalue weighted by molar-refractivity contribution is 0.265. The third-order valence-corrected chi connectivity index (χ3v) is 5.62. The topological polar surface area (TPSA) is 55.8 Å². The number of hydrogen-bond acceptors (Lipinski definition) is 4. The molecule has 2 unspecified atom stereocenters. The Kier molecular flexibility index (Phi) is 8.60. The molecule has 0 amide bonds. The molecule has 0 aromatic carbocycles. The minimum absolute atomic E-state index is 0. The normalized spacial score (nSPS) is 23.6. The standard InChI is InChI=1S/C20H34N6.HI/c1-15(2)26-13-16(3)18(14-26)24-20(21-4)23-12-17-7-8-22-19(11-17)25-9-5-6-10-25;/h7-8,11,15-16,18H,5-6,9-10,12-14H2,1-4H3,(H2,21,23,24);1H. The van der Waals surface area contributed by atoms with E-state index in [0.717, 1.165) is 44.5 Å². The summed E-state index contributed by atoms with van der Waals surface area (Å²) in [6, 6.07) is 5.32. The zero-order valence-corrected chi connectivity index (χ0v) is 19.4. The molecule has 3 heterocycles. The number of aliphatic imine (C=N–C) groups is 1. The number of nitrogens with zero attached hydrogens (tertiary/aromatic N) is 4. The monoisotopic (exact) mass is 486 g/mol. The molecule has 0 aliphatic carbocycles. The minimum Gasteiger partial charge on any atom is -0.357 e. The second-order valence-electron chi connectivity index (χ2n) is 7.92. The van der Waals surface area contributed by atoms with Crippen LogP contribution < -0.4 is 15.5 Å². The summed E-state index contributed by atoms with van der Waals surface area (Å²) in [5, 5.41) is 7.08. The van der Waals surface area contributed by atoms with Gasteiger partial charge in [-0.05, 0) is 50.3 Å². The third-order valence-electron chi connectivity index (χ3n) is 5.62. The van der Waals surface area contributed by atoms with Gasteiger partial charge in [-0.25, -0.2) is 4.98 Å². The van der Waals surface area contributed by atoms with E-state index in [1.807, 2.05) is 13.2 Å². The molecule has 6 nitrogen and oxygen atoms in total. The average molecular weight is 486 g/mol. The number of pyridine rings is 1. The Morgan fingerprint density at radius 3 is 2.67 bits per heavy atom. The molecule has 0 saturated carbocycles. The first kappa shape index (κ1) is 22.2. The van der Waals surface area contributed by atoms with E-state index in [-0.39, 0.29) is 24.0 Å². The molecule has 2 N–H and O–H groups in total. The minimum atomic E-state index is 0. The number of guanidine groups is 1. The third kappa shape index (κ3) is 5.94. The maximum Gasteiger partial charge on any atom is 0.191 e. The van der Waals surface area contributed by atoms with Gasteiger partial charge < -0.3 is 15.5 Å². The van der Waals surface area contributed by atoms with Crippen molar-refractivity contribution in [3.8, 4) is 0 Å². The molecule has 152 valence electrons. The largest absolute Gasteiger partial charge is 0.357 e. The molecule has 3 rings (SSSR count). The lowest BCUT2D eigenvalue weighted by Crippen LogP contribution is -2.46. The Bertz CT molecular complexity index is 614. The quantitative estimate of drug-likeness (QED) is 0.381. The van der Waals surface area contributed by atoms with Crippen LogP contribution in [0.25, 0.3) is 0 Å². The van der Waals surface area contributed by atoms with Gasteiger partial charge in [-0.15, -0.1) is 24.0 Å². The Morgan fingerprint density at radius 1 is 1.30 bits per heavy atom. The average Bonchev–Trinajstić information content (AvgIpc) is 3.29. The molecule has 2 aliphatic heterocycles. The molecule has 2 saturated heterocycles. The van der Waals surface area contributed by atoms with Crippen molar-refractivity contribution in [3.05, 3.63) is 23.9 Å². The fourth-order valence-corrected chi connectivity index (χ4v) is 3.86. The summed E-state index contributed by atoms with van der Waals surface area (Å²) in [5.41, 5.74) is 1.24. The molecule has 1 aromatic heterocycles. The highest BCUT2D eigenvalue weighted by molar-refractivity contribution is 14.0. The van der Waals surface area contributed by atoms with Crippen molar-refractivity contribution in [1.29, 1.82) is 0 Å². The fourth-order valence-electron chi connectivity index (χ4n) is 3.86. The Balaban J connectivity index is 0.00000261. The first-order valence-corrected chi connectivity index (χ1v) is 9.98. The van der Waals surface area contributed by atoms with Gasteiger partial charge in [0.05, 0.1) is 0 Å². The van der Waals surface area contributed by atoms with Gasteiger partial charge in [0.2, 0.25) is 0 Å². The zero-order chi connectivity index (χ0) is 18.5. The maximum atomic E-state index is 4.53. The summed E-state index contributed by atoms with van der Waals surface area (Å²) in [7, 11) is 1.84. The molecule has 0 bridgehead atoms. The predicted octanol–water partition coefficient (Wildman–Crippen LogP) is 2.69. The van der Waals surface area contributed by atoms with Gasteiger partial charge in [0.15, 0.2) is 5.96 Å². The highest BCUT2D eigenvalue weighted by atomic mass is 127. The molecule has 27 heavy (non-hydrogen) atoms. The van der Waals surface area contributed by atoms with Gasteiger partial charge >= 0.3 is 0 Å². The molecule has 2 fully saturated rings. The summed E-state index contributed by atoms with van der Waals surface area (Å²) < 4.78 is 0. The summed E-state index contributed by atoms with van der Waals surface area (Å²) >= 11 is 0. The smallest absolute Gasteiger partial charge is 0.191 e. The molecular weight excluding hydrogens is 451 g/mol. The van der Waals surface area contributed by atoms with Crippen molar-refractivity contribution < 1.29 is 0 Å². The van der Waals surface area contributed by atoms with E-state index in [0.29, 0.717) is 18.0 Å². The van der Waals surface area contributed by atoms with Gasteiger partial charge in [-0.2, -0.15) is 0 Å². The number of halogens is 1. The van der Waals surface area contributed by atoms with Gasteiger partial charge in [0.1, 0.15) is 5.82 Å². The van der Waals surface area contributed by atoms with E-state index in [9.17, 15) is 0 Å². The zero-order valence-electron chi connectivity index (χ0n) is 17.1. The predicted molar refractivity (Wildman–Crippen MR) is 124 cm³/mol. The van der Waals surface area contributed by atoms with Crippen molar-refractivity contribution in [2.45, 2.75) is 52.2 Å². The highest BCUT2D eigenvalue weighted by Crippen LogP contribution is 2.19. The van der Waals surface area contributed by atoms with Crippen molar-refractivity contribution >= 4 is 35.8 Å². The lowest BCUT2D eigenvalue weighted by atomic mass is 10.1. The molecule has 2 aliphatic rings. The van der Waals surface area contributed by atoms with Gasteiger partial charge in [0.25, 0.3) is 0 Å². The number of hydrogen-bond donors (Lipinski definition) is 2. The van der Waals surface area contributed by atoms with Crippen LogP contribution in [0.1, 0.15) is 39.2 Å². The van der Waals surface area contributed by atoms with Crippen LogP contribution in [-0.2, 0) is 6.54 Å². The Hall–Kier alpha value is -1.09. The van der Waals surface area contributed by atoms with E-state index in [2.05, 4.69) is 63.3 Å². The van der Waals surface area contributed by atoms with Crippen LogP contribution in [0.5, 0.6) is 0 Å². The first-order valence-electron chi connectivity index (χ1n) is 9.98. The van der Waals surface area contributed by atoms with E-state index in [1.54, 1.807) is 0 Å². The van der Waals surface area contributed by atoms with Crippen LogP contribution >= 0.6 is 24.0 Å². The summed E-state index contributed by atoms with van der Waals surface area (Å²) in [6.45, 7) is 12.1. The number of likely N-dealkylation sites (tertiary alicyclic amines) is 1. The van der Waals surface area contributed by atoms with Gasteiger partial charge in [0, 0.05) is 58.1 Å². The Labute approximate surface area is 181 Å². The maximum absolute atomic E-state index is 4.53. The van der Waals surface area contributed by atoms with Crippen molar-refractivity contribution in [2.24, 2.45) is 10.9 Å². The van der Waals surface area contributed by atoms with E-state index >= 15 is 0 Å². The van der Waals surface area contributed by atoms with E-state index < -0.39 is 0 Å². The second kappa shape index (κ2) is 10.5. The van der Waals surface area contributed by atoms with Crippen molar-refractivity contribution in [3.63, 3.8) is 0 Å². The van der Waals surface area contributed by atoms with Crippen LogP contribution in [0.4, 0.5) is 5.82 Å². The van der Waals surface area contributed by atoms with Crippen molar-refractivity contribution in [2.75, 3.05) is 38.1 Å². The summed E-state index contributed by atoms with van der Waals surface area (Å²) in [5.74, 6) is 2.60. The summed E-state index contributed by atoms with van der Waals surface area (Å²) in [4.78, 5) is 13.9. The Morgan fingerprint density at radius 2 is 2.04 bits per heavy atom. The van der Waals surface area contributed by atoms with Gasteiger partial charge in [-0.1, -0.05) is 6.92 Å². The first-order chi connectivity index (χ1) is 12.6. The van der Waals surface area contributed by atoms with Gasteiger partial charge in [-0.3, -0.25) is 9.89 Å². The fraction of sp³-hybridized carbons (Fsp3) is 0.700. The number of anilines is 1. The highest BCUT2D eigenvalue weighted by Gasteiger charge is 2.31. The molecule has 0 radical (unpaired) electrons. The van der Waals surface area contributed by atoms with Crippen LogP contribution in [0.2, 0.25) is 0 Å². The van der Waals surface area contributed by atoms with Crippen LogP contribution in [0, 0.1) is 5.92 Å². The van der Waals surface area contributed by atoms with Crippen molar-refractivity contribution in [1.82, 2.24) is 20.5 Å². The molecule has 2 atom stereocenters. The van der Waals surface area contributed by atoms with Crippen LogP contribution in [-0.4, -0.2) is 61.2 Å². The van der Waals surface area contributed by atoms with Crippen LogP contribution in [0.3, 0.4) is 0 Å². The number of nitrogens with one attached hydrogen (secondary N) is 2. The second-order valence-corrected chi connectivity index (χ2v) is 7.92. The molecular formula is C20H35IN6. The molecule has 7 heteroatoms. The summed E-state index contributed by atoms with van der Waals surface area (Å²) in [6.07, 6.45) is 4.46. The molecule has 0 spiro atoms. The lowest BCUT2D eigenvalue weighted by Gasteiger charge is -2.22. The number of rotatable bonds is 5. The van der Waals surface area contributed by atoms with E-state index in [1.165, 1.54) is 18.4 Å².